The molecule has 0 atom stereocenters. The van der Waals surface area contributed by atoms with Crippen molar-refractivity contribution in [3.63, 3.8) is 0 Å². The topological polar surface area (TPSA) is 58.6 Å². The van der Waals surface area contributed by atoms with Crippen molar-refractivity contribution in [3.05, 3.63) is 28.8 Å². The highest BCUT2D eigenvalue weighted by atomic mass is 35.5. The van der Waals surface area contributed by atoms with Gasteiger partial charge in [-0.3, -0.25) is 0 Å². The van der Waals surface area contributed by atoms with Crippen LogP contribution in [0.2, 0.25) is 5.02 Å². The minimum atomic E-state index is -0.461. The van der Waals surface area contributed by atoms with Gasteiger partial charge in [0, 0.05) is 13.1 Å². The molecule has 6 heteroatoms. The van der Waals surface area contributed by atoms with Crippen LogP contribution in [0.4, 0.5) is 10.5 Å². The summed E-state index contributed by atoms with van der Waals surface area (Å²) in [4.78, 5) is 25.6. The van der Waals surface area contributed by atoms with Gasteiger partial charge in [-0.15, -0.1) is 0 Å². The van der Waals surface area contributed by atoms with Crippen molar-refractivity contribution < 1.29 is 14.3 Å². The number of methoxy groups -OCH3 is 1. The van der Waals surface area contributed by atoms with Gasteiger partial charge in [-0.1, -0.05) is 24.4 Å². The maximum absolute atomic E-state index is 12.3. The summed E-state index contributed by atoms with van der Waals surface area (Å²) in [7, 11) is 1.31. The number of nitrogens with one attached hydrogen (secondary N) is 1. The predicted molar refractivity (Wildman–Crippen MR) is 81.9 cm³/mol. The summed E-state index contributed by atoms with van der Waals surface area (Å²) in [6, 6.07) is 4.49. The number of carbonyl (C=O) groups excluding carboxylic acids is 2. The van der Waals surface area contributed by atoms with E-state index >= 15 is 0 Å². The van der Waals surface area contributed by atoms with Crippen LogP contribution in [0.3, 0.4) is 0 Å². The van der Waals surface area contributed by atoms with E-state index in [1.165, 1.54) is 13.2 Å². The molecule has 0 spiro atoms. The molecule has 0 radical (unpaired) electrons. The average molecular weight is 311 g/mol. The minimum Gasteiger partial charge on any atom is -0.465 e. The zero-order valence-electron chi connectivity index (χ0n) is 12.0. The molecule has 0 aliphatic carbocycles. The van der Waals surface area contributed by atoms with Gasteiger partial charge >= 0.3 is 12.0 Å². The van der Waals surface area contributed by atoms with Crippen LogP contribution < -0.4 is 5.32 Å². The van der Waals surface area contributed by atoms with Crippen LogP contribution >= 0.6 is 11.6 Å². The second-order valence-corrected chi connectivity index (χ2v) is 5.42. The highest BCUT2D eigenvalue weighted by Crippen LogP contribution is 2.24. The van der Waals surface area contributed by atoms with E-state index in [4.69, 9.17) is 11.6 Å². The summed E-state index contributed by atoms with van der Waals surface area (Å²) in [6.07, 6.45) is 4.34. The van der Waals surface area contributed by atoms with Crippen LogP contribution in [0, 0.1) is 0 Å². The smallest absolute Gasteiger partial charge is 0.337 e. The number of likely N-dealkylation sites (tertiary alicyclic amines) is 1. The third-order valence-corrected chi connectivity index (χ3v) is 3.85. The number of amides is 2. The molecule has 1 saturated heterocycles. The Balaban J connectivity index is 2.10. The SMILES string of the molecule is COC(=O)c1ccc(Cl)c(NC(=O)N2CCCCCC2)c1. The lowest BCUT2D eigenvalue weighted by molar-refractivity contribution is 0.0600. The Kier molecular flexibility index (Phi) is 5.44. The molecule has 1 aromatic carbocycles. The molecule has 114 valence electrons. The molecule has 0 saturated carbocycles. The van der Waals surface area contributed by atoms with Gasteiger partial charge < -0.3 is 15.0 Å². The highest BCUT2D eigenvalue weighted by Gasteiger charge is 2.17. The van der Waals surface area contributed by atoms with E-state index in [1.54, 1.807) is 17.0 Å². The molecule has 5 nitrogen and oxygen atoms in total. The normalized spacial score (nSPS) is 15.2. The summed E-state index contributed by atoms with van der Waals surface area (Å²) < 4.78 is 4.66. The third kappa shape index (κ3) is 4.11. The Morgan fingerprint density at radius 1 is 1.19 bits per heavy atom. The number of rotatable bonds is 2. The number of benzene rings is 1. The fourth-order valence-electron chi connectivity index (χ4n) is 2.33. The number of hydrogen-bond acceptors (Lipinski definition) is 3. The lowest BCUT2D eigenvalue weighted by Gasteiger charge is -2.21. The Labute approximate surface area is 129 Å². The monoisotopic (exact) mass is 310 g/mol. The van der Waals surface area contributed by atoms with Crippen LogP contribution in [0.15, 0.2) is 18.2 Å². The number of hydrogen-bond donors (Lipinski definition) is 1. The Morgan fingerprint density at radius 2 is 1.86 bits per heavy atom. The number of urea groups is 1. The van der Waals surface area contributed by atoms with Crippen LogP contribution in [-0.4, -0.2) is 37.1 Å². The van der Waals surface area contributed by atoms with E-state index in [2.05, 4.69) is 10.1 Å². The van der Waals surface area contributed by atoms with Crippen molar-refractivity contribution in [1.29, 1.82) is 0 Å². The maximum Gasteiger partial charge on any atom is 0.337 e. The van der Waals surface area contributed by atoms with E-state index in [-0.39, 0.29) is 6.03 Å². The molecule has 1 N–H and O–H groups in total. The molecule has 0 aromatic heterocycles. The molecule has 2 amide bonds. The number of anilines is 1. The van der Waals surface area contributed by atoms with Crippen LogP contribution in [-0.2, 0) is 4.74 Å². The third-order valence-electron chi connectivity index (χ3n) is 3.52. The molecular formula is C15H19ClN2O3. The number of carbonyl (C=O) groups is 2. The first-order chi connectivity index (χ1) is 10.1. The molecule has 1 fully saturated rings. The summed E-state index contributed by atoms with van der Waals surface area (Å²) in [5.41, 5.74) is 0.780. The second-order valence-electron chi connectivity index (χ2n) is 5.02. The van der Waals surface area contributed by atoms with Gasteiger partial charge in [0.05, 0.1) is 23.4 Å². The van der Waals surface area contributed by atoms with E-state index in [1.807, 2.05) is 0 Å². The molecule has 1 heterocycles. The quantitative estimate of drug-likeness (QED) is 0.850. The van der Waals surface area contributed by atoms with Gasteiger partial charge in [-0.05, 0) is 31.0 Å². The Morgan fingerprint density at radius 3 is 2.48 bits per heavy atom. The summed E-state index contributed by atoms with van der Waals surface area (Å²) in [5, 5.41) is 3.17. The Hall–Kier alpha value is -1.75. The first-order valence-electron chi connectivity index (χ1n) is 7.05. The van der Waals surface area contributed by atoms with E-state index < -0.39 is 5.97 Å². The van der Waals surface area contributed by atoms with Gasteiger partial charge in [0.15, 0.2) is 0 Å². The predicted octanol–water partition coefficient (Wildman–Crippen LogP) is 3.53. The summed E-state index contributed by atoms with van der Waals surface area (Å²) in [6.45, 7) is 1.50. The Bertz CT molecular complexity index is 526. The number of halogens is 1. The first kappa shape index (κ1) is 15.6. The number of ether oxygens (including phenoxy) is 1. The molecule has 1 aliphatic rings. The molecular weight excluding hydrogens is 292 g/mol. The van der Waals surface area contributed by atoms with Crippen molar-refractivity contribution >= 4 is 29.3 Å². The van der Waals surface area contributed by atoms with Gasteiger partial charge in [-0.2, -0.15) is 0 Å². The maximum atomic E-state index is 12.3. The average Bonchev–Trinajstić information content (AvgIpc) is 2.77. The highest BCUT2D eigenvalue weighted by molar-refractivity contribution is 6.33. The van der Waals surface area contributed by atoms with Gasteiger partial charge in [0.2, 0.25) is 0 Å². The van der Waals surface area contributed by atoms with Gasteiger partial charge in [0.1, 0.15) is 0 Å². The van der Waals surface area contributed by atoms with Crippen molar-refractivity contribution in [2.45, 2.75) is 25.7 Å². The fraction of sp³-hybridized carbons (Fsp3) is 0.467. The van der Waals surface area contributed by atoms with E-state index in [0.29, 0.717) is 16.3 Å². The largest absolute Gasteiger partial charge is 0.465 e. The minimum absolute atomic E-state index is 0.180. The van der Waals surface area contributed by atoms with Crippen molar-refractivity contribution in [2.75, 3.05) is 25.5 Å². The van der Waals surface area contributed by atoms with Crippen molar-refractivity contribution in [2.24, 2.45) is 0 Å². The standard InChI is InChI=1S/C15H19ClN2O3/c1-21-14(19)11-6-7-12(16)13(10-11)17-15(20)18-8-4-2-3-5-9-18/h6-7,10H,2-5,8-9H2,1H3,(H,17,20). The van der Waals surface area contributed by atoms with Crippen LogP contribution in [0.5, 0.6) is 0 Å². The first-order valence-corrected chi connectivity index (χ1v) is 7.43. The van der Waals surface area contributed by atoms with Gasteiger partial charge in [0.25, 0.3) is 0 Å². The molecule has 21 heavy (non-hydrogen) atoms. The molecule has 0 bridgehead atoms. The lowest BCUT2D eigenvalue weighted by atomic mass is 10.2. The molecule has 1 aliphatic heterocycles. The van der Waals surface area contributed by atoms with Crippen LogP contribution in [0.25, 0.3) is 0 Å². The van der Waals surface area contributed by atoms with Gasteiger partial charge in [-0.25, -0.2) is 9.59 Å². The summed E-state index contributed by atoms with van der Waals surface area (Å²) >= 11 is 6.07. The van der Waals surface area contributed by atoms with E-state index in [0.717, 1.165) is 38.8 Å². The molecule has 1 aromatic rings. The summed E-state index contributed by atoms with van der Waals surface area (Å²) in [5.74, 6) is -0.461. The van der Waals surface area contributed by atoms with Crippen molar-refractivity contribution in [1.82, 2.24) is 4.90 Å². The van der Waals surface area contributed by atoms with Crippen LogP contribution in [0.1, 0.15) is 36.0 Å². The lowest BCUT2D eigenvalue weighted by Crippen LogP contribution is -2.35. The van der Waals surface area contributed by atoms with Crippen molar-refractivity contribution in [3.8, 4) is 0 Å². The number of esters is 1. The van der Waals surface area contributed by atoms with E-state index in [9.17, 15) is 9.59 Å². The number of nitrogens with zero attached hydrogens (tertiary/aromatic N) is 1. The zero-order chi connectivity index (χ0) is 15.2. The molecule has 2 rings (SSSR count). The molecule has 0 unspecified atom stereocenters. The fourth-order valence-corrected chi connectivity index (χ4v) is 2.50. The second kappa shape index (κ2) is 7.31. The zero-order valence-corrected chi connectivity index (χ0v) is 12.8.